The number of aliphatic hydroxyl groups excluding tert-OH is 1. The third kappa shape index (κ3) is 9.51. The Bertz CT molecular complexity index is 836. The van der Waals surface area contributed by atoms with Crippen LogP contribution < -0.4 is 10.6 Å². The van der Waals surface area contributed by atoms with Crippen LogP contribution in [0.2, 0.25) is 0 Å². The molecule has 0 bridgehead atoms. The van der Waals surface area contributed by atoms with Gasteiger partial charge in [0.05, 0.1) is 6.61 Å². The number of amides is 3. The quantitative estimate of drug-likeness (QED) is 0.408. The van der Waals surface area contributed by atoms with Gasteiger partial charge in [0.2, 0.25) is 11.8 Å². The van der Waals surface area contributed by atoms with E-state index in [-0.39, 0.29) is 31.0 Å². The molecule has 198 valence electrons. The molecule has 3 amide bonds. The number of hydrogen-bond donors (Lipinski definition) is 3. The molecule has 8 nitrogen and oxygen atoms in total. The van der Waals surface area contributed by atoms with Crippen LogP contribution in [0.4, 0.5) is 4.79 Å². The van der Waals surface area contributed by atoms with Crippen LogP contribution in [-0.4, -0.2) is 58.8 Å². The largest absolute Gasteiger partial charge is 0.444 e. The van der Waals surface area contributed by atoms with Gasteiger partial charge in [-0.1, -0.05) is 57.9 Å². The van der Waals surface area contributed by atoms with Crippen molar-refractivity contribution in [3.8, 4) is 0 Å². The lowest BCUT2D eigenvalue weighted by atomic mass is 9.94. The molecular formula is C27H45N3O5. The summed E-state index contributed by atoms with van der Waals surface area (Å²) in [5.41, 5.74) is 0.805. The Hall–Kier alpha value is -2.61. The fourth-order valence-corrected chi connectivity index (χ4v) is 3.94. The van der Waals surface area contributed by atoms with E-state index in [1.165, 1.54) is 4.90 Å². The summed E-state index contributed by atoms with van der Waals surface area (Å²) < 4.78 is 5.39. The molecule has 4 atom stereocenters. The molecule has 0 fully saturated rings. The maximum atomic E-state index is 13.9. The van der Waals surface area contributed by atoms with Crippen LogP contribution in [0.15, 0.2) is 24.3 Å². The Morgan fingerprint density at radius 3 is 2.23 bits per heavy atom. The van der Waals surface area contributed by atoms with E-state index >= 15 is 0 Å². The first kappa shape index (κ1) is 30.4. The van der Waals surface area contributed by atoms with Crippen LogP contribution in [0.3, 0.4) is 0 Å². The summed E-state index contributed by atoms with van der Waals surface area (Å²) in [6.45, 7) is 14.5. The highest BCUT2D eigenvalue weighted by Gasteiger charge is 2.38. The van der Waals surface area contributed by atoms with Crippen LogP contribution in [0.1, 0.15) is 84.9 Å². The third-order valence-corrected chi connectivity index (χ3v) is 5.93. The maximum Gasteiger partial charge on any atom is 0.408 e. The molecule has 1 rings (SSSR count). The molecule has 1 aromatic rings. The summed E-state index contributed by atoms with van der Waals surface area (Å²) in [5.74, 6) is -0.983. The zero-order valence-corrected chi connectivity index (χ0v) is 22.7. The number of carbonyl (C=O) groups is 3. The van der Waals surface area contributed by atoms with E-state index in [0.29, 0.717) is 12.0 Å². The van der Waals surface area contributed by atoms with Gasteiger partial charge < -0.3 is 25.4 Å². The molecule has 0 aromatic heterocycles. The smallest absolute Gasteiger partial charge is 0.408 e. The number of aryl methyl sites for hydroxylation is 1. The van der Waals surface area contributed by atoms with E-state index in [4.69, 9.17) is 4.74 Å². The Morgan fingerprint density at radius 1 is 1.09 bits per heavy atom. The molecule has 0 aliphatic heterocycles. The summed E-state index contributed by atoms with van der Waals surface area (Å²) in [6, 6.07) is 5.45. The Labute approximate surface area is 210 Å². The van der Waals surface area contributed by atoms with Crippen molar-refractivity contribution in [2.45, 2.75) is 98.4 Å². The standard InChI is InChI=1S/C27H45N3O5/c1-9-13-20(5)28-24(32)23(21-15-12-11-14-19(21)4)30(16-17-31)25(33)22(18(3)10-2)29-26(34)35-27(6,7)8/h11-12,14-15,18,20,22-23,31H,9-10,13,16-17H2,1-8H3,(H,28,32)(H,29,34). The SMILES string of the molecule is CCCC(C)NC(=O)C(c1ccccc1C)N(CCO)C(=O)C(NC(=O)OC(C)(C)C)C(C)CC. The number of rotatable bonds is 12. The summed E-state index contributed by atoms with van der Waals surface area (Å²) >= 11 is 0. The molecule has 0 aliphatic rings. The Kier molecular flexibility index (Phi) is 12.2. The highest BCUT2D eigenvalue weighted by molar-refractivity contribution is 5.92. The van der Waals surface area contributed by atoms with Gasteiger partial charge in [0, 0.05) is 12.6 Å². The average Bonchev–Trinajstić information content (AvgIpc) is 2.76. The normalized spacial score (nSPS) is 14.9. The van der Waals surface area contributed by atoms with E-state index in [1.807, 2.05) is 58.9 Å². The Morgan fingerprint density at radius 2 is 1.71 bits per heavy atom. The number of alkyl carbamates (subject to hydrolysis) is 1. The van der Waals surface area contributed by atoms with Gasteiger partial charge >= 0.3 is 6.09 Å². The highest BCUT2D eigenvalue weighted by atomic mass is 16.6. The van der Waals surface area contributed by atoms with E-state index < -0.39 is 29.7 Å². The second-order valence-corrected chi connectivity index (χ2v) is 10.2. The van der Waals surface area contributed by atoms with Crippen molar-refractivity contribution in [1.82, 2.24) is 15.5 Å². The lowest BCUT2D eigenvalue weighted by Gasteiger charge is -2.36. The molecule has 0 radical (unpaired) electrons. The molecule has 0 heterocycles. The number of hydrogen-bond acceptors (Lipinski definition) is 5. The molecule has 0 saturated heterocycles. The zero-order valence-electron chi connectivity index (χ0n) is 22.7. The zero-order chi connectivity index (χ0) is 26.8. The van der Waals surface area contributed by atoms with Gasteiger partial charge in [0.15, 0.2) is 0 Å². The number of nitrogens with one attached hydrogen (secondary N) is 2. The van der Waals surface area contributed by atoms with Crippen molar-refractivity contribution in [2.24, 2.45) is 5.92 Å². The first-order chi connectivity index (χ1) is 16.4. The second kappa shape index (κ2) is 14.1. The van der Waals surface area contributed by atoms with E-state index in [1.54, 1.807) is 20.8 Å². The summed E-state index contributed by atoms with van der Waals surface area (Å²) in [6.07, 6.45) is 1.63. The number of aliphatic hydroxyl groups is 1. The van der Waals surface area contributed by atoms with E-state index in [2.05, 4.69) is 10.6 Å². The summed E-state index contributed by atoms with van der Waals surface area (Å²) in [4.78, 5) is 41.5. The van der Waals surface area contributed by atoms with Crippen molar-refractivity contribution >= 4 is 17.9 Å². The van der Waals surface area contributed by atoms with Crippen LogP contribution in [0.25, 0.3) is 0 Å². The fourth-order valence-electron chi connectivity index (χ4n) is 3.94. The minimum Gasteiger partial charge on any atom is -0.444 e. The third-order valence-electron chi connectivity index (χ3n) is 5.93. The van der Waals surface area contributed by atoms with Gasteiger partial charge in [-0.3, -0.25) is 9.59 Å². The second-order valence-electron chi connectivity index (χ2n) is 10.2. The molecule has 4 unspecified atom stereocenters. The maximum absolute atomic E-state index is 13.9. The molecular weight excluding hydrogens is 446 g/mol. The molecule has 35 heavy (non-hydrogen) atoms. The molecule has 0 aliphatic carbocycles. The van der Waals surface area contributed by atoms with Crippen LogP contribution >= 0.6 is 0 Å². The van der Waals surface area contributed by atoms with Crippen LogP contribution in [0, 0.1) is 12.8 Å². The lowest BCUT2D eigenvalue weighted by molar-refractivity contribution is -0.144. The molecule has 0 spiro atoms. The molecule has 8 heteroatoms. The van der Waals surface area contributed by atoms with Gasteiger partial charge in [-0.15, -0.1) is 0 Å². The predicted octanol–water partition coefficient (Wildman–Crippen LogP) is 4.10. The topological polar surface area (TPSA) is 108 Å². The van der Waals surface area contributed by atoms with Gasteiger partial charge in [-0.2, -0.15) is 0 Å². The fraction of sp³-hybridized carbons (Fsp3) is 0.667. The van der Waals surface area contributed by atoms with Crippen molar-refractivity contribution in [3.63, 3.8) is 0 Å². The summed E-state index contributed by atoms with van der Waals surface area (Å²) in [7, 11) is 0. The van der Waals surface area contributed by atoms with Gasteiger partial charge in [0.25, 0.3) is 0 Å². The lowest BCUT2D eigenvalue weighted by Crippen LogP contribution is -2.56. The first-order valence-electron chi connectivity index (χ1n) is 12.6. The Balaban J connectivity index is 3.47. The first-order valence-corrected chi connectivity index (χ1v) is 12.6. The number of benzene rings is 1. The van der Waals surface area contributed by atoms with Crippen molar-refractivity contribution < 1.29 is 24.2 Å². The summed E-state index contributed by atoms with van der Waals surface area (Å²) in [5, 5.41) is 15.6. The minimum atomic E-state index is -0.956. The highest BCUT2D eigenvalue weighted by Crippen LogP contribution is 2.27. The number of nitrogens with zero attached hydrogens (tertiary/aromatic N) is 1. The van der Waals surface area contributed by atoms with E-state index in [9.17, 15) is 19.5 Å². The number of ether oxygens (including phenoxy) is 1. The molecule has 3 N–H and O–H groups in total. The average molecular weight is 492 g/mol. The van der Waals surface area contributed by atoms with Gasteiger partial charge in [-0.05, 0) is 58.1 Å². The molecule has 0 saturated carbocycles. The minimum absolute atomic E-state index is 0.0592. The van der Waals surface area contributed by atoms with Crippen molar-refractivity contribution in [1.29, 1.82) is 0 Å². The number of carbonyl (C=O) groups excluding carboxylic acids is 3. The predicted molar refractivity (Wildman–Crippen MR) is 138 cm³/mol. The van der Waals surface area contributed by atoms with Crippen molar-refractivity contribution in [3.05, 3.63) is 35.4 Å². The molecule has 1 aromatic carbocycles. The van der Waals surface area contributed by atoms with Crippen LogP contribution in [0.5, 0.6) is 0 Å². The van der Waals surface area contributed by atoms with Crippen LogP contribution in [-0.2, 0) is 14.3 Å². The monoisotopic (exact) mass is 491 g/mol. The van der Waals surface area contributed by atoms with E-state index in [0.717, 1.165) is 18.4 Å². The van der Waals surface area contributed by atoms with Gasteiger partial charge in [0.1, 0.15) is 17.7 Å². The van der Waals surface area contributed by atoms with Gasteiger partial charge in [-0.25, -0.2) is 4.79 Å². The van der Waals surface area contributed by atoms with Crippen molar-refractivity contribution in [2.75, 3.05) is 13.2 Å².